The van der Waals surface area contributed by atoms with Crippen LogP contribution in [0.25, 0.3) is 22.6 Å². The first-order valence-corrected chi connectivity index (χ1v) is 9.63. The highest BCUT2D eigenvalue weighted by Gasteiger charge is 2.17. The maximum atomic E-state index is 12.3. The van der Waals surface area contributed by atoms with Gasteiger partial charge in [0.15, 0.2) is 11.7 Å². The highest BCUT2D eigenvalue weighted by Crippen LogP contribution is 2.32. The monoisotopic (exact) mass is 399 g/mol. The van der Waals surface area contributed by atoms with Crippen LogP contribution < -0.4 is 10.1 Å². The number of rotatable bonds is 7. The van der Waals surface area contributed by atoms with Crippen LogP contribution in [-0.2, 0) is 11.2 Å². The lowest BCUT2D eigenvalue weighted by Crippen LogP contribution is -2.12. The standard InChI is InChI=1S/C24H21N3O3/c1-29-21-14-12-19(16-25-21)26-20(28)13-15-22-27-23(17-8-4-2-5-9-17)24(30-22)18-10-6-3-7-11-18/h2-12,14,16H,13,15H2,1H3,(H,26,28). The Morgan fingerprint density at radius 2 is 1.67 bits per heavy atom. The van der Waals surface area contributed by atoms with Crippen molar-refractivity contribution in [2.75, 3.05) is 12.4 Å². The van der Waals surface area contributed by atoms with E-state index in [4.69, 9.17) is 9.15 Å². The second kappa shape index (κ2) is 9.05. The molecule has 4 rings (SSSR count). The highest BCUT2D eigenvalue weighted by molar-refractivity contribution is 5.90. The van der Waals surface area contributed by atoms with Gasteiger partial charge in [-0.05, 0) is 6.07 Å². The molecule has 1 amide bonds. The van der Waals surface area contributed by atoms with Crippen molar-refractivity contribution in [3.8, 4) is 28.5 Å². The summed E-state index contributed by atoms with van der Waals surface area (Å²) >= 11 is 0. The first-order chi connectivity index (χ1) is 14.7. The molecule has 0 aliphatic heterocycles. The van der Waals surface area contributed by atoms with Gasteiger partial charge in [0.25, 0.3) is 0 Å². The highest BCUT2D eigenvalue weighted by atomic mass is 16.5. The number of hydrogen-bond donors (Lipinski definition) is 1. The normalized spacial score (nSPS) is 10.6. The van der Waals surface area contributed by atoms with Crippen LogP contribution in [0.4, 0.5) is 5.69 Å². The van der Waals surface area contributed by atoms with Gasteiger partial charge in [0.1, 0.15) is 5.69 Å². The molecule has 0 fully saturated rings. The average molecular weight is 399 g/mol. The molecular formula is C24H21N3O3. The first kappa shape index (κ1) is 19.4. The summed E-state index contributed by atoms with van der Waals surface area (Å²) in [5, 5.41) is 2.82. The number of pyridine rings is 1. The number of benzene rings is 2. The Labute approximate surface area is 174 Å². The number of hydrogen-bond acceptors (Lipinski definition) is 5. The molecule has 0 saturated heterocycles. The number of aromatic nitrogens is 2. The second-order valence-electron chi connectivity index (χ2n) is 6.65. The Bertz CT molecular complexity index is 1050. The van der Waals surface area contributed by atoms with Gasteiger partial charge in [-0.15, -0.1) is 0 Å². The van der Waals surface area contributed by atoms with Crippen molar-refractivity contribution in [1.82, 2.24) is 9.97 Å². The number of amides is 1. The lowest BCUT2D eigenvalue weighted by molar-refractivity contribution is -0.116. The van der Waals surface area contributed by atoms with E-state index >= 15 is 0 Å². The maximum absolute atomic E-state index is 12.3. The van der Waals surface area contributed by atoms with Crippen molar-refractivity contribution in [3.63, 3.8) is 0 Å². The van der Waals surface area contributed by atoms with E-state index in [-0.39, 0.29) is 12.3 Å². The summed E-state index contributed by atoms with van der Waals surface area (Å²) in [6, 6.07) is 23.2. The molecular weight excluding hydrogens is 378 g/mol. The van der Waals surface area contributed by atoms with Crippen molar-refractivity contribution >= 4 is 11.6 Å². The van der Waals surface area contributed by atoms with E-state index in [0.29, 0.717) is 29.6 Å². The van der Waals surface area contributed by atoms with Crippen LogP contribution in [0.3, 0.4) is 0 Å². The largest absolute Gasteiger partial charge is 0.481 e. The summed E-state index contributed by atoms with van der Waals surface area (Å²) in [6.45, 7) is 0. The fourth-order valence-corrected chi connectivity index (χ4v) is 3.07. The third-order valence-corrected chi connectivity index (χ3v) is 4.55. The van der Waals surface area contributed by atoms with E-state index in [2.05, 4.69) is 15.3 Å². The molecule has 150 valence electrons. The molecule has 0 aliphatic rings. The Hall–Kier alpha value is -3.93. The summed E-state index contributed by atoms with van der Waals surface area (Å²) in [7, 11) is 1.55. The van der Waals surface area contributed by atoms with Crippen molar-refractivity contribution in [1.29, 1.82) is 0 Å². The van der Waals surface area contributed by atoms with Gasteiger partial charge in [-0.3, -0.25) is 4.79 Å². The van der Waals surface area contributed by atoms with Crippen LogP contribution >= 0.6 is 0 Å². The summed E-state index contributed by atoms with van der Waals surface area (Å²) in [6.07, 6.45) is 2.19. The zero-order valence-corrected chi connectivity index (χ0v) is 16.5. The molecule has 4 aromatic rings. The zero-order chi connectivity index (χ0) is 20.8. The number of nitrogens with one attached hydrogen (secondary N) is 1. The molecule has 1 N–H and O–H groups in total. The Morgan fingerprint density at radius 3 is 2.30 bits per heavy atom. The number of anilines is 1. The molecule has 0 saturated carbocycles. The lowest BCUT2D eigenvalue weighted by atomic mass is 10.1. The van der Waals surface area contributed by atoms with Gasteiger partial charge in [0.2, 0.25) is 11.8 Å². The molecule has 0 radical (unpaired) electrons. The maximum Gasteiger partial charge on any atom is 0.224 e. The Balaban J connectivity index is 1.50. The quantitative estimate of drug-likeness (QED) is 0.474. The molecule has 6 heteroatoms. The second-order valence-corrected chi connectivity index (χ2v) is 6.65. The van der Waals surface area contributed by atoms with E-state index in [1.54, 1.807) is 25.4 Å². The third kappa shape index (κ3) is 4.55. The van der Waals surface area contributed by atoms with E-state index in [0.717, 1.165) is 16.8 Å². The first-order valence-electron chi connectivity index (χ1n) is 9.63. The molecule has 0 unspecified atom stereocenters. The van der Waals surface area contributed by atoms with Gasteiger partial charge < -0.3 is 14.5 Å². The van der Waals surface area contributed by atoms with E-state index in [1.165, 1.54) is 0 Å². The van der Waals surface area contributed by atoms with Crippen molar-refractivity contribution in [3.05, 3.63) is 84.9 Å². The molecule has 30 heavy (non-hydrogen) atoms. The SMILES string of the molecule is COc1ccc(NC(=O)CCc2nc(-c3ccccc3)c(-c3ccccc3)o2)cn1. The van der Waals surface area contributed by atoms with Crippen LogP contribution in [0.1, 0.15) is 12.3 Å². The minimum Gasteiger partial charge on any atom is -0.481 e. The molecule has 0 atom stereocenters. The number of ether oxygens (including phenoxy) is 1. The molecule has 0 bridgehead atoms. The van der Waals surface area contributed by atoms with Crippen molar-refractivity contribution in [2.45, 2.75) is 12.8 Å². The predicted molar refractivity (Wildman–Crippen MR) is 115 cm³/mol. The predicted octanol–water partition coefficient (Wildman–Crippen LogP) is 4.98. The van der Waals surface area contributed by atoms with E-state index in [1.807, 2.05) is 60.7 Å². The van der Waals surface area contributed by atoms with Crippen molar-refractivity contribution in [2.24, 2.45) is 0 Å². The van der Waals surface area contributed by atoms with E-state index in [9.17, 15) is 4.79 Å². The Morgan fingerprint density at radius 1 is 0.967 bits per heavy atom. The smallest absolute Gasteiger partial charge is 0.224 e. The van der Waals surface area contributed by atoms with Crippen LogP contribution in [0, 0.1) is 0 Å². The average Bonchev–Trinajstić information content (AvgIpc) is 3.24. The van der Waals surface area contributed by atoms with Gasteiger partial charge >= 0.3 is 0 Å². The minimum atomic E-state index is -0.136. The van der Waals surface area contributed by atoms with Gasteiger partial charge in [-0.2, -0.15) is 0 Å². The summed E-state index contributed by atoms with van der Waals surface area (Å²) in [5.41, 5.74) is 3.31. The molecule has 2 aromatic heterocycles. The number of carbonyl (C=O) groups excluding carboxylic acids is 1. The molecule has 2 heterocycles. The van der Waals surface area contributed by atoms with Crippen molar-refractivity contribution < 1.29 is 13.9 Å². The van der Waals surface area contributed by atoms with Gasteiger partial charge in [0.05, 0.1) is 19.0 Å². The van der Waals surface area contributed by atoms with Gasteiger partial charge in [-0.1, -0.05) is 60.7 Å². The number of nitrogens with zero attached hydrogens (tertiary/aromatic N) is 2. The molecule has 0 aliphatic carbocycles. The number of aryl methyl sites for hydroxylation is 1. The van der Waals surface area contributed by atoms with Gasteiger partial charge in [0, 0.05) is 30.0 Å². The lowest BCUT2D eigenvalue weighted by Gasteiger charge is -2.04. The van der Waals surface area contributed by atoms with Crippen LogP contribution in [0.2, 0.25) is 0 Å². The molecule has 0 spiro atoms. The fourth-order valence-electron chi connectivity index (χ4n) is 3.07. The number of carbonyl (C=O) groups is 1. The van der Waals surface area contributed by atoms with Crippen LogP contribution in [-0.4, -0.2) is 23.0 Å². The topological polar surface area (TPSA) is 77.2 Å². The third-order valence-electron chi connectivity index (χ3n) is 4.55. The molecule has 2 aromatic carbocycles. The van der Waals surface area contributed by atoms with Crippen LogP contribution in [0.15, 0.2) is 83.4 Å². The van der Waals surface area contributed by atoms with Gasteiger partial charge in [-0.25, -0.2) is 9.97 Å². The summed E-state index contributed by atoms with van der Waals surface area (Å²) < 4.78 is 11.1. The fraction of sp³-hybridized carbons (Fsp3) is 0.125. The summed E-state index contributed by atoms with van der Waals surface area (Å²) in [5.74, 6) is 1.59. The summed E-state index contributed by atoms with van der Waals surface area (Å²) in [4.78, 5) is 21.1. The zero-order valence-electron chi connectivity index (χ0n) is 16.5. The number of oxazole rings is 1. The van der Waals surface area contributed by atoms with E-state index < -0.39 is 0 Å². The van der Waals surface area contributed by atoms with Crippen LogP contribution in [0.5, 0.6) is 5.88 Å². The minimum absolute atomic E-state index is 0.136. The molecule has 6 nitrogen and oxygen atoms in total. The Kier molecular flexibility index (Phi) is 5.85. The number of methoxy groups -OCH3 is 1.